The van der Waals surface area contributed by atoms with Gasteiger partial charge in [-0.3, -0.25) is 4.79 Å². The molecule has 0 aromatic carbocycles. The predicted molar refractivity (Wildman–Crippen MR) is 52.8 cm³/mol. The molecule has 0 saturated heterocycles. The zero-order chi connectivity index (χ0) is 11.5. The second kappa shape index (κ2) is 4.12. The molecule has 82 valence electrons. The Morgan fingerprint density at radius 2 is 2.27 bits per heavy atom. The summed E-state index contributed by atoms with van der Waals surface area (Å²) in [5.74, 6) is -0.519. The van der Waals surface area contributed by atoms with Crippen LogP contribution in [-0.2, 0) is 9.53 Å². The average molecular weight is 211 g/mol. The lowest BCUT2D eigenvalue weighted by atomic mass is 10.2. The minimum atomic E-state index is -0.557. The van der Waals surface area contributed by atoms with E-state index in [1.807, 2.05) is 0 Å². The number of carbonyl (C=O) groups is 2. The highest BCUT2D eigenvalue weighted by Gasteiger charge is 2.19. The molecule has 0 unspecified atom stereocenters. The van der Waals surface area contributed by atoms with Crippen LogP contribution in [0.5, 0.6) is 0 Å². The van der Waals surface area contributed by atoms with Gasteiger partial charge in [0.1, 0.15) is 5.60 Å². The van der Waals surface area contributed by atoms with Gasteiger partial charge in [-0.15, -0.1) is 5.10 Å². The highest BCUT2D eigenvalue weighted by atomic mass is 16.6. The standard InChI is InChI=1S/C9H13N3O3/c1-9(2,3)15-8(14)7-4-5-12(11-7)10-6-13/h4-6H,1-3H3,(H,10,13). The van der Waals surface area contributed by atoms with E-state index in [4.69, 9.17) is 4.74 Å². The van der Waals surface area contributed by atoms with Crippen LogP contribution in [0.25, 0.3) is 0 Å². The summed E-state index contributed by atoms with van der Waals surface area (Å²) in [6.07, 6.45) is 1.92. The van der Waals surface area contributed by atoms with Crippen molar-refractivity contribution in [3.05, 3.63) is 18.0 Å². The first-order chi connectivity index (χ1) is 6.92. The Morgan fingerprint density at radius 3 is 2.80 bits per heavy atom. The number of hydrogen-bond acceptors (Lipinski definition) is 4. The first-order valence-corrected chi connectivity index (χ1v) is 4.41. The van der Waals surface area contributed by atoms with Crippen molar-refractivity contribution < 1.29 is 14.3 Å². The molecule has 0 fully saturated rings. The Labute approximate surface area is 87.2 Å². The molecule has 0 aliphatic rings. The van der Waals surface area contributed by atoms with Crippen molar-refractivity contribution in [2.24, 2.45) is 0 Å². The van der Waals surface area contributed by atoms with Crippen LogP contribution in [0, 0.1) is 0 Å². The van der Waals surface area contributed by atoms with Crippen LogP contribution < -0.4 is 5.43 Å². The lowest BCUT2D eigenvalue weighted by Crippen LogP contribution is -2.24. The maximum Gasteiger partial charge on any atom is 0.359 e. The van der Waals surface area contributed by atoms with E-state index in [1.54, 1.807) is 20.8 Å². The predicted octanol–water partition coefficient (Wildman–Crippen LogP) is 0.538. The second-order valence-electron chi connectivity index (χ2n) is 3.89. The fraction of sp³-hybridized carbons (Fsp3) is 0.444. The summed E-state index contributed by atoms with van der Waals surface area (Å²) >= 11 is 0. The van der Waals surface area contributed by atoms with Crippen molar-refractivity contribution in [1.29, 1.82) is 0 Å². The van der Waals surface area contributed by atoms with E-state index >= 15 is 0 Å². The molecule has 1 aromatic rings. The molecule has 1 heterocycles. The smallest absolute Gasteiger partial charge is 0.359 e. The van der Waals surface area contributed by atoms with E-state index in [9.17, 15) is 9.59 Å². The molecule has 0 radical (unpaired) electrons. The monoisotopic (exact) mass is 211 g/mol. The number of aromatic nitrogens is 2. The molecule has 0 atom stereocenters. The van der Waals surface area contributed by atoms with Gasteiger partial charge in [-0.05, 0) is 26.8 Å². The summed E-state index contributed by atoms with van der Waals surface area (Å²) in [4.78, 5) is 22.7. The highest BCUT2D eigenvalue weighted by Crippen LogP contribution is 2.10. The number of rotatable bonds is 3. The average Bonchev–Trinajstić information content (AvgIpc) is 2.50. The minimum Gasteiger partial charge on any atom is -0.455 e. The normalized spacial score (nSPS) is 10.9. The summed E-state index contributed by atoms with van der Waals surface area (Å²) in [5, 5.41) is 3.78. The topological polar surface area (TPSA) is 73.2 Å². The molecule has 0 bridgehead atoms. The van der Waals surface area contributed by atoms with Gasteiger partial charge in [-0.25, -0.2) is 10.2 Å². The quantitative estimate of drug-likeness (QED) is 0.585. The molecule has 1 aromatic heterocycles. The first-order valence-electron chi connectivity index (χ1n) is 4.41. The van der Waals surface area contributed by atoms with Crippen molar-refractivity contribution in [2.75, 3.05) is 5.43 Å². The van der Waals surface area contributed by atoms with E-state index in [0.717, 1.165) is 4.79 Å². The molecule has 0 aliphatic carbocycles. The molecule has 0 aliphatic heterocycles. The summed E-state index contributed by atoms with van der Waals surface area (Å²) in [6, 6.07) is 1.46. The lowest BCUT2D eigenvalue weighted by Gasteiger charge is -2.18. The molecule has 6 nitrogen and oxygen atoms in total. The summed E-state index contributed by atoms with van der Waals surface area (Å²) in [6.45, 7) is 5.31. The van der Waals surface area contributed by atoms with E-state index in [0.29, 0.717) is 6.41 Å². The van der Waals surface area contributed by atoms with Gasteiger partial charge in [0, 0.05) is 6.20 Å². The Morgan fingerprint density at radius 1 is 1.60 bits per heavy atom. The van der Waals surface area contributed by atoms with Crippen LogP contribution >= 0.6 is 0 Å². The largest absolute Gasteiger partial charge is 0.455 e. The van der Waals surface area contributed by atoms with Gasteiger partial charge in [-0.2, -0.15) is 4.79 Å². The molecule has 1 N–H and O–H groups in total. The Bertz CT molecular complexity index is 365. The number of nitrogens with one attached hydrogen (secondary N) is 1. The van der Waals surface area contributed by atoms with Gasteiger partial charge < -0.3 is 4.74 Å². The number of amides is 1. The van der Waals surface area contributed by atoms with Crippen molar-refractivity contribution >= 4 is 12.4 Å². The Hall–Kier alpha value is -1.85. The molecule has 1 amide bonds. The van der Waals surface area contributed by atoms with Crippen LogP contribution in [0.3, 0.4) is 0 Å². The van der Waals surface area contributed by atoms with Gasteiger partial charge in [-0.1, -0.05) is 0 Å². The molecule has 1 rings (SSSR count). The molecule has 15 heavy (non-hydrogen) atoms. The summed E-state index contributed by atoms with van der Waals surface area (Å²) < 4.78 is 5.08. The zero-order valence-electron chi connectivity index (χ0n) is 8.85. The maximum atomic E-state index is 11.5. The second-order valence-corrected chi connectivity index (χ2v) is 3.89. The minimum absolute atomic E-state index is 0.152. The number of esters is 1. The van der Waals surface area contributed by atoms with Crippen LogP contribution in [0.15, 0.2) is 12.3 Å². The molecule has 6 heteroatoms. The van der Waals surface area contributed by atoms with Crippen LogP contribution in [0.1, 0.15) is 31.3 Å². The Balaban J connectivity index is 2.70. The summed E-state index contributed by atoms with van der Waals surface area (Å²) in [7, 11) is 0. The van der Waals surface area contributed by atoms with Crippen molar-refractivity contribution in [2.45, 2.75) is 26.4 Å². The Kier molecular flexibility index (Phi) is 3.08. The van der Waals surface area contributed by atoms with E-state index < -0.39 is 11.6 Å². The van der Waals surface area contributed by atoms with Gasteiger partial charge in [0.05, 0.1) is 0 Å². The molecule has 0 saturated carbocycles. The number of hydrogen-bond donors (Lipinski definition) is 1. The number of nitrogens with zero attached hydrogens (tertiary/aromatic N) is 2. The van der Waals surface area contributed by atoms with Crippen LogP contribution in [-0.4, -0.2) is 27.9 Å². The maximum absolute atomic E-state index is 11.5. The third-order valence-corrected chi connectivity index (χ3v) is 1.38. The zero-order valence-corrected chi connectivity index (χ0v) is 8.85. The fourth-order valence-electron chi connectivity index (χ4n) is 0.889. The summed E-state index contributed by atoms with van der Waals surface area (Å²) in [5.41, 5.74) is 1.86. The van der Waals surface area contributed by atoms with Crippen LogP contribution in [0.4, 0.5) is 0 Å². The fourth-order valence-corrected chi connectivity index (χ4v) is 0.889. The van der Waals surface area contributed by atoms with Gasteiger partial charge in [0.25, 0.3) is 0 Å². The highest BCUT2D eigenvalue weighted by molar-refractivity contribution is 5.87. The molecular weight excluding hydrogens is 198 g/mol. The van der Waals surface area contributed by atoms with Gasteiger partial charge in [0.2, 0.25) is 6.41 Å². The van der Waals surface area contributed by atoms with Crippen molar-refractivity contribution in [1.82, 2.24) is 9.89 Å². The van der Waals surface area contributed by atoms with Crippen LogP contribution in [0.2, 0.25) is 0 Å². The third-order valence-electron chi connectivity index (χ3n) is 1.38. The lowest BCUT2D eigenvalue weighted by molar-refractivity contribution is -0.106. The number of carbonyl (C=O) groups excluding carboxylic acids is 2. The van der Waals surface area contributed by atoms with Crippen molar-refractivity contribution in [3.8, 4) is 0 Å². The van der Waals surface area contributed by atoms with E-state index in [2.05, 4.69) is 10.5 Å². The van der Waals surface area contributed by atoms with Crippen molar-refractivity contribution in [3.63, 3.8) is 0 Å². The molecular formula is C9H13N3O3. The SMILES string of the molecule is CC(C)(C)OC(=O)c1ccn(NC=O)n1. The molecule has 0 spiro atoms. The van der Waals surface area contributed by atoms with E-state index in [1.165, 1.54) is 12.3 Å². The van der Waals surface area contributed by atoms with Gasteiger partial charge in [0.15, 0.2) is 5.69 Å². The number of ether oxygens (including phenoxy) is 1. The van der Waals surface area contributed by atoms with Gasteiger partial charge >= 0.3 is 5.97 Å². The first kappa shape index (κ1) is 11.2. The third kappa shape index (κ3) is 3.41. The van der Waals surface area contributed by atoms with E-state index in [-0.39, 0.29) is 5.69 Å².